The van der Waals surface area contributed by atoms with Gasteiger partial charge in [-0.3, -0.25) is 0 Å². The summed E-state index contributed by atoms with van der Waals surface area (Å²) in [4.78, 5) is -0.265. The van der Waals surface area contributed by atoms with Gasteiger partial charge in [-0.05, 0) is 42.4 Å². The predicted octanol–water partition coefficient (Wildman–Crippen LogP) is 6.08. The zero-order valence-electron chi connectivity index (χ0n) is 13.9. The van der Waals surface area contributed by atoms with E-state index < -0.39 is 0 Å². The highest BCUT2D eigenvalue weighted by Crippen LogP contribution is 2.31. The molecule has 3 rings (SSSR count). The van der Waals surface area contributed by atoms with Gasteiger partial charge in [0.15, 0.2) is 0 Å². The molecule has 0 fully saturated rings. The minimum atomic E-state index is -0.265. The van der Waals surface area contributed by atoms with Crippen LogP contribution in [0.15, 0.2) is 91.0 Å². The topological polar surface area (TPSA) is 0 Å². The maximum absolute atomic E-state index is 7.16. The molecule has 0 heterocycles. The number of benzene rings is 3. The second-order valence-electron chi connectivity index (χ2n) is 6.46. The Hall–Kier alpha value is -2.05. The van der Waals surface area contributed by atoms with Gasteiger partial charge in [-0.2, -0.15) is 0 Å². The molecule has 0 bridgehead atoms. The average molecular weight is 335 g/mol. The highest BCUT2D eigenvalue weighted by atomic mass is 35.5. The van der Waals surface area contributed by atoms with Crippen LogP contribution in [0.1, 0.15) is 23.1 Å². The van der Waals surface area contributed by atoms with E-state index in [0.29, 0.717) is 0 Å². The third-order valence-electron chi connectivity index (χ3n) is 4.43. The van der Waals surface area contributed by atoms with Crippen LogP contribution in [-0.2, 0) is 19.3 Å². The molecule has 0 N–H and O–H groups in total. The number of aryl methyl sites for hydroxylation is 1. The zero-order chi connectivity index (χ0) is 16.7. The fourth-order valence-corrected chi connectivity index (χ4v) is 3.58. The highest BCUT2D eigenvalue weighted by molar-refractivity contribution is 6.24. The van der Waals surface area contributed by atoms with Gasteiger partial charge in [-0.1, -0.05) is 91.0 Å². The van der Waals surface area contributed by atoms with Crippen LogP contribution in [0.2, 0.25) is 0 Å². The van der Waals surface area contributed by atoms with E-state index in [4.69, 9.17) is 11.6 Å². The van der Waals surface area contributed by atoms with E-state index in [1.165, 1.54) is 16.7 Å². The van der Waals surface area contributed by atoms with E-state index in [1.54, 1.807) is 0 Å². The van der Waals surface area contributed by atoms with E-state index in [9.17, 15) is 0 Å². The molecule has 0 nitrogen and oxygen atoms in total. The molecule has 0 spiro atoms. The Morgan fingerprint density at radius 3 is 1.33 bits per heavy atom. The summed E-state index contributed by atoms with van der Waals surface area (Å²) in [6, 6.07) is 31.8. The summed E-state index contributed by atoms with van der Waals surface area (Å²) in [5.74, 6) is 0. The van der Waals surface area contributed by atoms with Crippen molar-refractivity contribution in [2.24, 2.45) is 0 Å². The second-order valence-corrected chi connectivity index (χ2v) is 7.26. The van der Waals surface area contributed by atoms with Crippen molar-refractivity contribution in [1.82, 2.24) is 0 Å². The van der Waals surface area contributed by atoms with Crippen molar-refractivity contribution in [2.75, 3.05) is 0 Å². The van der Waals surface area contributed by atoms with Crippen LogP contribution in [0.5, 0.6) is 0 Å². The first-order valence-corrected chi connectivity index (χ1v) is 8.92. The van der Waals surface area contributed by atoms with Gasteiger partial charge < -0.3 is 0 Å². The van der Waals surface area contributed by atoms with Crippen LogP contribution in [0.25, 0.3) is 0 Å². The van der Waals surface area contributed by atoms with Gasteiger partial charge in [0, 0.05) is 0 Å². The quantitative estimate of drug-likeness (QED) is 0.459. The van der Waals surface area contributed by atoms with Gasteiger partial charge in [0.25, 0.3) is 0 Å². The summed E-state index contributed by atoms with van der Waals surface area (Å²) in [5.41, 5.74) is 3.96. The fourth-order valence-electron chi connectivity index (χ4n) is 3.18. The maximum atomic E-state index is 7.16. The number of alkyl halides is 1. The predicted molar refractivity (Wildman–Crippen MR) is 104 cm³/mol. The average Bonchev–Trinajstić information content (AvgIpc) is 2.63. The van der Waals surface area contributed by atoms with Crippen LogP contribution < -0.4 is 0 Å². The van der Waals surface area contributed by atoms with Crippen molar-refractivity contribution in [2.45, 2.75) is 30.6 Å². The molecule has 0 aliphatic heterocycles. The summed E-state index contributed by atoms with van der Waals surface area (Å²) in [5, 5.41) is 0. The van der Waals surface area contributed by atoms with E-state index in [1.807, 2.05) is 0 Å². The number of hydrogen-bond donors (Lipinski definition) is 0. The third-order valence-corrected chi connectivity index (χ3v) is 4.89. The van der Waals surface area contributed by atoms with E-state index in [2.05, 4.69) is 91.0 Å². The fraction of sp³-hybridized carbons (Fsp3) is 0.217. The molecule has 3 aromatic carbocycles. The summed E-state index contributed by atoms with van der Waals surface area (Å²) in [6.45, 7) is 0. The van der Waals surface area contributed by atoms with Crippen LogP contribution in [0.3, 0.4) is 0 Å². The van der Waals surface area contributed by atoms with Gasteiger partial charge in [-0.15, -0.1) is 11.6 Å². The van der Waals surface area contributed by atoms with Crippen LogP contribution in [-0.4, -0.2) is 4.87 Å². The first kappa shape index (κ1) is 16.8. The highest BCUT2D eigenvalue weighted by Gasteiger charge is 2.27. The Morgan fingerprint density at radius 2 is 0.917 bits per heavy atom. The van der Waals surface area contributed by atoms with Crippen molar-refractivity contribution >= 4 is 11.6 Å². The van der Waals surface area contributed by atoms with E-state index in [0.717, 1.165) is 25.7 Å². The van der Waals surface area contributed by atoms with Crippen LogP contribution in [0, 0.1) is 0 Å². The molecule has 0 aliphatic carbocycles. The lowest BCUT2D eigenvalue weighted by atomic mass is 9.87. The molecule has 0 saturated carbocycles. The molecule has 24 heavy (non-hydrogen) atoms. The molecule has 0 saturated heterocycles. The number of halogens is 1. The molecule has 0 aromatic heterocycles. The molecule has 1 heteroatoms. The number of rotatable bonds is 7. The standard InChI is InChI=1S/C23H23Cl/c24-23(18-21-12-6-2-7-13-21,19-22-14-8-3-9-15-22)17-16-20-10-4-1-5-11-20/h1-15H,16-19H2. The smallest absolute Gasteiger partial charge is 0.0530 e. The van der Waals surface area contributed by atoms with Gasteiger partial charge >= 0.3 is 0 Å². The van der Waals surface area contributed by atoms with Gasteiger partial charge in [0.05, 0.1) is 4.87 Å². The summed E-state index contributed by atoms with van der Waals surface area (Å²) >= 11 is 7.16. The monoisotopic (exact) mass is 334 g/mol. The minimum absolute atomic E-state index is 0.265. The van der Waals surface area contributed by atoms with Gasteiger partial charge in [-0.25, -0.2) is 0 Å². The Bertz CT molecular complexity index is 678. The van der Waals surface area contributed by atoms with Crippen molar-refractivity contribution in [3.05, 3.63) is 108 Å². The SMILES string of the molecule is ClC(CCc1ccccc1)(Cc1ccccc1)Cc1ccccc1. The molecule has 3 aromatic rings. The molecule has 0 atom stereocenters. The van der Waals surface area contributed by atoms with Crippen LogP contribution >= 0.6 is 11.6 Å². The third kappa shape index (κ3) is 4.97. The van der Waals surface area contributed by atoms with E-state index >= 15 is 0 Å². The summed E-state index contributed by atoms with van der Waals surface area (Å²) in [7, 11) is 0. The lowest BCUT2D eigenvalue weighted by molar-refractivity contribution is 0.521. The Labute approximate surface area is 150 Å². The number of hydrogen-bond acceptors (Lipinski definition) is 0. The van der Waals surface area contributed by atoms with Crippen molar-refractivity contribution < 1.29 is 0 Å². The first-order chi connectivity index (χ1) is 11.7. The van der Waals surface area contributed by atoms with Gasteiger partial charge in [0.2, 0.25) is 0 Å². The minimum Gasteiger partial charge on any atom is -0.119 e. The normalized spacial score (nSPS) is 11.4. The summed E-state index contributed by atoms with van der Waals surface area (Å²) in [6.07, 6.45) is 3.74. The molecule has 0 radical (unpaired) electrons. The van der Waals surface area contributed by atoms with Gasteiger partial charge in [0.1, 0.15) is 0 Å². The molecule has 122 valence electrons. The Kier molecular flexibility index (Phi) is 5.72. The lowest BCUT2D eigenvalue weighted by Crippen LogP contribution is -2.28. The molecule has 0 aliphatic rings. The largest absolute Gasteiger partial charge is 0.119 e. The zero-order valence-corrected chi connectivity index (χ0v) is 14.6. The maximum Gasteiger partial charge on any atom is 0.0530 e. The van der Waals surface area contributed by atoms with Crippen molar-refractivity contribution in [1.29, 1.82) is 0 Å². The Balaban J connectivity index is 1.76. The first-order valence-electron chi connectivity index (χ1n) is 8.54. The van der Waals surface area contributed by atoms with Crippen LogP contribution in [0.4, 0.5) is 0 Å². The molecule has 0 unspecified atom stereocenters. The van der Waals surface area contributed by atoms with E-state index in [-0.39, 0.29) is 4.87 Å². The lowest BCUT2D eigenvalue weighted by Gasteiger charge is -2.28. The molecular formula is C23H23Cl. The summed E-state index contributed by atoms with van der Waals surface area (Å²) < 4.78 is 0. The Morgan fingerprint density at radius 1 is 0.542 bits per heavy atom. The second kappa shape index (κ2) is 8.17. The van der Waals surface area contributed by atoms with Crippen molar-refractivity contribution in [3.8, 4) is 0 Å². The molecular weight excluding hydrogens is 312 g/mol. The molecule has 0 amide bonds. The van der Waals surface area contributed by atoms with Crippen molar-refractivity contribution in [3.63, 3.8) is 0 Å².